The number of terminal acetylenes is 1. The van der Waals surface area contributed by atoms with Gasteiger partial charge in [-0.1, -0.05) is 12.8 Å². The molecular weight excluding hydrogens is 215 g/mol. The van der Waals surface area contributed by atoms with E-state index in [4.69, 9.17) is 15.7 Å². The summed E-state index contributed by atoms with van der Waals surface area (Å²) in [7, 11) is -2.93. The fourth-order valence-corrected chi connectivity index (χ4v) is 2.88. The largest absolute Gasteiger partial charge is 0.452 e. The molecule has 5 heteroatoms. The van der Waals surface area contributed by atoms with Crippen LogP contribution >= 0.6 is 7.37 Å². The van der Waals surface area contributed by atoms with Crippen LogP contribution in [0.2, 0.25) is 0 Å². The Balaban J connectivity index is 4.52. The molecule has 86 valence electrons. The molecule has 0 aromatic heterocycles. The number of hydrogen-bond donors (Lipinski definition) is 0. The molecule has 0 aromatic rings. The molecule has 4 nitrogen and oxygen atoms in total. The van der Waals surface area contributed by atoms with E-state index >= 15 is 0 Å². The van der Waals surface area contributed by atoms with Crippen molar-refractivity contribution in [1.82, 2.24) is 0 Å². The zero-order valence-corrected chi connectivity index (χ0v) is 10.3. The second-order valence-electron chi connectivity index (χ2n) is 2.95. The SMILES string of the molecule is C#CCOC(=O)C(C)P(=O)(CC)OCC. The van der Waals surface area contributed by atoms with Gasteiger partial charge in [0.25, 0.3) is 0 Å². The molecule has 0 saturated heterocycles. The maximum Gasteiger partial charge on any atom is 0.319 e. The van der Waals surface area contributed by atoms with Crippen molar-refractivity contribution in [3.63, 3.8) is 0 Å². The van der Waals surface area contributed by atoms with E-state index in [2.05, 4.69) is 5.92 Å². The Hall–Kier alpha value is -0.780. The van der Waals surface area contributed by atoms with Gasteiger partial charge in [-0.2, -0.15) is 0 Å². The molecule has 0 aliphatic heterocycles. The minimum Gasteiger partial charge on any atom is -0.452 e. The van der Waals surface area contributed by atoms with Crippen LogP contribution in [0.1, 0.15) is 20.8 Å². The third kappa shape index (κ3) is 4.07. The van der Waals surface area contributed by atoms with Gasteiger partial charge in [-0.3, -0.25) is 9.36 Å². The van der Waals surface area contributed by atoms with Crippen LogP contribution in [0.25, 0.3) is 0 Å². The molecule has 0 amide bonds. The summed E-state index contributed by atoms with van der Waals surface area (Å²) in [6.07, 6.45) is 5.26. The van der Waals surface area contributed by atoms with Crippen molar-refractivity contribution in [2.45, 2.75) is 26.4 Å². The molecule has 0 radical (unpaired) electrons. The summed E-state index contributed by atoms with van der Waals surface area (Å²) >= 11 is 0. The Morgan fingerprint density at radius 1 is 1.53 bits per heavy atom. The van der Waals surface area contributed by atoms with Gasteiger partial charge in [0, 0.05) is 6.16 Å². The van der Waals surface area contributed by atoms with Crippen molar-refractivity contribution in [3.8, 4) is 12.3 Å². The topological polar surface area (TPSA) is 52.6 Å². The summed E-state index contributed by atoms with van der Waals surface area (Å²) in [5, 5.41) is 0. The van der Waals surface area contributed by atoms with Gasteiger partial charge in [0.15, 0.2) is 6.61 Å². The zero-order valence-electron chi connectivity index (χ0n) is 9.36. The number of carbonyl (C=O) groups excluding carboxylic acids is 1. The maximum absolute atomic E-state index is 12.1. The van der Waals surface area contributed by atoms with Crippen LogP contribution < -0.4 is 0 Å². The van der Waals surface area contributed by atoms with E-state index in [0.717, 1.165) is 0 Å². The number of rotatable bonds is 6. The second kappa shape index (κ2) is 6.66. The van der Waals surface area contributed by atoms with E-state index in [1.165, 1.54) is 0 Å². The van der Waals surface area contributed by atoms with E-state index in [9.17, 15) is 9.36 Å². The highest BCUT2D eigenvalue weighted by atomic mass is 31.2. The van der Waals surface area contributed by atoms with Gasteiger partial charge in [-0.25, -0.2) is 0 Å². The van der Waals surface area contributed by atoms with Crippen molar-refractivity contribution in [2.24, 2.45) is 0 Å². The van der Waals surface area contributed by atoms with Crippen LogP contribution in [0, 0.1) is 12.3 Å². The van der Waals surface area contributed by atoms with Gasteiger partial charge in [-0.05, 0) is 13.8 Å². The zero-order chi connectivity index (χ0) is 11.9. The van der Waals surface area contributed by atoms with Crippen LogP contribution in [0.5, 0.6) is 0 Å². The summed E-state index contributed by atoms with van der Waals surface area (Å²) in [4.78, 5) is 11.4. The first-order valence-corrected chi connectivity index (χ1v) is 6.73. The molecule has 2 atom stereocenters. The molecule has 0 saturated carbocycles. The van der Waals surface area contributed by atoms with Crippen LogP contribution in [-0.2, 0) is 18.6 Å². The van der Waals surface area contributed by atoms with Crippen LogP contribution in [0.4, 0.5) is 0 Å². The standard InChI is InChI=1S/C10H17O4P/c1-5-8-13-10(11)9(4)15(12,7-3)14-6-2/h1,9H,6-8H2,2-4H3. The lowest BCUT2D eigenvalue weighted by Crippen LogP contribution is -2.22. The first kappa shape index (κ1) is 14.2. The van der Waals surface area contributed by atoms with Crippen molar-refractivity contribution < 1.29 is 18.6 Å². The highest BCUT2D eigenvalue weighted by Gasteiger charge is 2.35. The van der Waals surface area contributed by atoms with E-state index in [1.54, 1.807) is 20.8 Å². The molecule has 0 spiro atoms. The van der Waals surface area contributed by atoms with E-state index in [0.29, 0.717) is 12.8 Å². The second-order valence-corrected chi connectivity index (χ2v) is 6.07. The molecule has 0 aliphatic rings. The maximum atomic E-state index is 12.1. The lowest BCUT2D eigenvalue weighted by atomic mass is 10.5. The van der Waals surface area contributed by atoms with Gasteiger partial charge in [0.05, 0.1) is 6.61 Å². The van der Waals surface area contributed by atoms with Gasteiger partial charge in [0.1, 0.15) is 5.66 Å². The first-order valence-electron chi connectivity index (χ1n) is 4.85. The average Bonchev–Trinajstić information content (AvgIpc) is 2.24. The Bertz CT molecular complexity index is 292. The fraction of sp³-hybridized carbons (Fsp3) is 0.700. The molecule has 0 aromatic carbocycles. The normalized spacial score (nSPS) is 16.1. The molecule has 0 N–H and O–H groups in total. The quantitative estimate of drug-likeness (QED) is 0.398. The summed E-state index contributed by atoms with van der Waals surface area (Å²) in [5.74, 6) is 1.62. The first-order chi connectivity index (χ1) is 7.01. The molecule has 0 rings (SSSR count). The molecule has 2 unspecified atom stereocenters. The van der Waals surface area contributed by atoms with Crippen molar-refractivity contribution in [1.29, 1.82) is 0 Å². The Morgan fingerprint density at radius 2 is 2.13 bits per heavy atom. The van der Waals surface area contributed by atoms with E-state index in [1.807, 2.05) is 0 Å². The smallest absolute Gasteiger partial charge is 0.319 e. The van der Waals surface area contributed by atoms with Crippen molar-refractivity contribution in [3.05, 3.63) is 0 Å². The molecule has 0 heterocycles. The third-order valence-electron chi connectivity index (χ3n) is 2.02. The van der Waals surface area contributed by atoms with Gasteiger partial charge in [0.2, 0.25) is 7.37 Å². The monoisotopic (exact) mass is 232 g/mol. The number of carbonyl (C=O) groups is 1. The molecule has 0 bridgehead atoms. The lowest BCUT2D eigenvalue weighted by Gasteiger charge is -2.21. The minimum atomic E-state index is -2.93. The van der Waals surface area contributed by atoms with E-state index < -0.39 is 19.0 Å². The third-order valence-corrected chi connectivity index (χ3v) is 4.99. The molecule has 15 heavy (non-hydrogen) atoms. The van der Waals surface area contributed by atoms with E-state index in [-0.39, 0.29) is 6.61 Å². The molecular formula is C10H17O4P. The summed E-state index contributed by atoms with van der Waals surface area (Å²) in [5.41, 5.74) is -0.754. The minimum absolute atomic E-state index is 0.0982. The van der Waals surface area contributed by atoms with Gasteiger partial charge < -0.3 is 9.26 Å². The summed E-state index contributed by atoms with van der Waals surface area (Å²) < 4.78 is 22.0. The summed E-state index contributed by atoms with van der Waals surface area (Å²) in [6.45, 7) is 5.22. The number of esters is 1. The summed E-state index contributed by atoms with van der Waals surface area (Å²) in [6, 6.07) is 0. The van der Waals surface area contributed by atoms with Crippen LogP contribution in [0.15, 0.2) is 0 Å². The van der Waals surface area contributed by atoms with Crippen LogP contribution in [-0.4, -0.2) is 31.0 Å². The predicted molar refractivity (Wildman–Crippen MR) is 59.0 cm³/mol. The average molecular weight is 232 g/mol. The Kier molecular flexibility index (Phi) is 6.31. The fourth-order valence-electron chi connectivity index (χ4n) is 1.09. The van der Waals surface area contributed by atoms with Gasteiger partial charge >= 0.3 is 5.97 Å². The Morgan fingerprint density at radius 3 is 2.53 bits per heavy atom. The van der Waals surface area contributed by atoms with Crippen LogP contribution in [0.3, 0.4) is 0 Å². The highest BCUT2D eigenvalue weighted by molar-refractivity contribution is 7.60. The van der Waals surface area contributed by atoms with Gasteiger partial charge in [-0.15, -0.1) is 6.42 Å². The van der Waals surface area contributed by atoms with Crippen molar-refractivity contribution in [2.75, 3.05) is 19.4 Å². The number of hydrogen-bond acceptors (Lipinski definition) is 4. The predicted octanol–water partition coefficient (Wildman–Crippen LogP) is 1.89. The molecule has 0 fully saturated rings. The Labute approximate surface area is 90.8 Å². The number of ether oxygens (including phenoxy) is 1. The molecule has 0 aliphatic carbocycles. The highest BCUT2D eigenvalue weighted by Crippen LogP contribution is 2.51. The lowest BCUT2D eigenvalue weighted by molar-refractivity contribution is -0.141. The van der Waals surface area contributed by atoms with Crippen molar-refractivity contribution >= 4 is 13.3 Å².